The third-order valence-electron chi connectivity index (χ3n) is 6.29. The first-order valence-corrected chi connectivity index (χ1v) is 11.0. The monoisotopic (exact) mass is 406 g/mol. The molecule has 32 heavy (non-hydrogen) atoms. The molecule has 0 spiro atoms. The minimum absolute atomic E-state index is 1.23. The summed E-state index contributed by atoms with van der Waals surface area (Å²) in [7, 11) is 0. The Bertz CT molecular complexity index is 1550. The van der Waals surface area contributed by atoms with Gasteiger partial charge in [-0.15, -0.1) is 0 Å². The molecule has 150 valence electrons. The van der Waals surface area contributed by atoms with Gasteiger partial charge in [0.2, 0.25) is 0 Å². The van der Waals surface area contributed by atoms with E-state index in [4.69, 9.17) is 0 Å². The second kappa shape index (κ2) is 7.83. The fourth-order valence-corrected chi connectivity index (χ4v) is 4.83. The van der Waals surface area contributed by atoms with E-state index in [2.05, 4.69) is 133 Å². The summed E-state index contributed by atoms with van der Waals surface area (Å²) in [4.78, 5) is 0. The quantitative estimate of drug-likeness (QED) is 0.275. The highest BCUT2D eigenvalue weighted by molar-refractivity contribution is 6.08. The van der Waals surface area contributed by atoms with E-state index in [1.54, 1.807) is 0 Å². The average Bonchev–Trinajstić information content (AvgIpc) is 2.88. The Kier molecular flexibility index (Phi) is 4.55. The van der Waals surface area contributed by atoms with E-state index in [-0.39, 0.29) is 0 Å². The second-order valence-corrected chi connectivity index (χ2v) is 8.15. The highest BCUT2D eigenvalue weighted by Crippen LogP contribution is 2.44. The molecule has 6 aromatic rings. The summed E-state index contributed by atoms with van der Waals surface area (Å²) < 4.78 is 0. The summed E-state index contributed by atoms with van der Waals surface area (Å²) >= 11 is 0. The van der Waals surface area contributed by atoms with E-state index < -0.39 is 0 Å². The van der Waals surface area contributed by atoms with Crippen LogP contribution in [0.25, 0.3) is 54.9 Å². The molecule has 0 atom stereocenters. The minimum atomic E-state index is 1.23. The maximum absolute atomic E-state index is 2.27. The summed E-state index contributed by atoms with van der Waals surface area (Å²) in [5.41, 5.74) is 7.57. The molecule has 0 saturated carbocycles. The molecule has 0 heterocycles. The van der Waals surface area contributed by atoms with Crippen molar-refractivity contribution >= 4 is 21.5 Å². The van der Waals surface area contributed by atoms with E-state index in [1.165, 1.54) is 54.9 Å². The Labute approximate surface area is 188 Å². The van der Waals surface area contributed by atoms with Crippen LogP contribution in [0.15, 0.2) is 133 Å². The van der Waals surface area contributed by atoms with Crippen molar-refractivity contribution in [2.24, 2.45) is 0 Å². The first-order valence-electron chi connectivity index (χ1n) is 11.0. The lowest BCUT2D eigenvalue weighted by atomic mass is 9.84. The first kappa shape index (κ1) is 18.6. The van der Waals surface area contributed by atoms with Crippen LogP contribution >= 0.6 is 0 Å². The van der Waals surface area contributed by atoms with Crippen LogP contribution in [0.5, 0.6) is 0 Å². The van der Waals surface area contributed by atoms with E-state index >= 15 is 0 Å². The van der Waals surface area contributed by atoms with E-state index in [9.17, 15) is 0 Å². The molecule has 0 aromatic heterocycles. The molecule has 0 bridgehead atoms. The Morgan fingerprint density at radius 2 is 0.750 bits per heavy atom. The highest BCUT2D eigenvalue weighted by Gasteiger charge is 2.17. The molecule has 0 aliphatic heterocycles. The lowest BCUT2D eigenvalue weighted by Gasteiger charge is -2.19. The van der Waals surface area contributed by atoms with Gasteiger partial charge in [-0.1, -0.05) is 133 Å². The first-order chi connectivity index (χ1) is 15.9. The van der Waals surface area contributed by atoms with Crippen LogP contribution in [0.3, 0.4) is 0 Å². The molecule has 0 fully saturated rings. The molecule has 0 nitrogen and oxygen atoms in total. The molecule has 0 radical (unpaired) electrons. The molecule has 6 aromatic carbocycles. The Morgan fingerprint density at radius 3 is 1.47 bits per heavy atom. The summed E-state index contributed by atoms with van der Waals surface area (Å²) in [5, 5.41) is 5.08. The Hall–Kier alpha value is -4.16. The van der Waals surface area contributed by atoms with Gasteiger partial charge in [0.15, 0.2) is 0 Å². The van der Waals surface area contributed by atoms with Gasteiger partial charge >= 0.3 is 0 Å². The van der Waals surface area contributed by atoms with Crippen LogP contribution in [0.4, 0.5) is 0 Å². The lowest BCUT2D eigenvalue weighted by Crippen LogP contribution is -1.92. The maximum atomic E-state index is 2.27. The zero-order chi connectivity index (χ0) is 21.3. The van der Waals surface area contributed by atoms with Crippen LogP contribution in [-0.2, 0) is 0 Å². The average molecular weight is 407 g/mol. The third kappa shape index (κ3) is 3.09. The fourth-order valence-electron chi connectivity index (χ4n) is 4.83. The van der Waals surface area contributed by atoms with Gasteiger partial charge in [-0.3, -0.25) is 0 Å². The van der Waals surface area contributed by atoms with Crippen molar-refractivity contribution in [1.82, 2.24) is 0 Å². The smallest absolute Gasteiger partial charge is 0.00204 e. The standard InChI is InChI=1S/C32H22/c1-2-11-25(12-3-1)28-19-10-22-31(29-20-8-15-23-13-4-6-17-26(23)29)32(28)30-21-9-16-24-14-5-7-18-27(24)30/h1-22H. The van der Waals surface area contributed by atoms with Crippen molar-refractivity contribution in [2.75, 3.05) is 0 Å². The molecule has 0 unspecified atom stereocenters. The third-order valence-corrected chi connectivity index (χ3v) is 6.29. The van der Waals surface area contributed by atoms with Gasteiger partial charge in [0.1, 0.15) is 0 Å². The molecule has 0 aliphatic rings. The van der Waals surface area contributed by atoms with E-state index in [1.807, 2.05) is 0 Å². The fraction of sp³-hybridized carbons (Fsp3) is 0. The largest absolute Gasteiger partial charge is 0.0622 e. The Balaban J connectivity index is 1.75. The van der Waals surface area contributed by atoms with Crippen molar-refractivity contribution in [3.8, 4) is 33.4 Å². The number of fused-ring (bicyclic) bond motifs is 2. The topological polar surface area (TPSA) is 0 Å². The predicted molar refractivity (Wildman–Crippen MR) is 138 cm³/mol. The van der Waals surface area contributed by atoms with Gasteiger partial charge in [0.05, 0.1) is 0 Å². The Morgan fingerprint density at radius 1 is 0.281 bits per heavy atom. The summed E-state index contributed by atoms with van der Waals surface area (Å²) in [6.45, 7) is 0. The van der Waals surface area contributed by atoms with Crippen LogP contribution in [0.2, 0.25) is 0 Å². The molecular formula is C32H22. The number of hydrogen-bond acceptors (Lipinski definition) is 0. The van der Waals surface area contributed by atoms with Crippen molar-refractivity contribution in [2.45, 2.75) is 0 Å². The van der Waals surface area contributed by atoms with Crippen molar-refractivity contribution < 1.29 is 0 Å². The molecule has 0 heteroatoms. The van der Waals surface area contributed by atoms with Gasteiger partial charge in [-0.05, 0) is 54.9 Å². The van der Waals surface area contributed by atoms with Crippen molar-refractivity contribution in [3.63, 3.8) is 0 Å². The van der Waals surface area contributed by atoms with E-state index in [0.29, 0.717) is 0 Å². The summed E-state index contributed by atoms with van der Waals surface area (Å²) in [6.07, 6.45) is 0. The van der Waals surface area contributed by atoms with Crippen molar-refractivity contribution in [1.29, 1.82) is 0 Å². The molecule has 6 rings (SSSR count). The van der Waals surface area contributed by atoms with Gasteiger partial charge in [0.25, 0.3) is 0 Å². The van der Waals surface area contributed by atoms with Gasteiger partial charge < -0.3 is 0 Å². The number of hydrogen-bond donors (Lipinski definition) is 0. The highest BCUT2D eigenvalue weighted by atomic mass is 14.2. The predicted octanol–water partition coefficient (Wildman–Crippen LogP) is 8.99. The van der Waals surface area contributed by atoms with E-state index in [0.717, 1.165) is 0 Å². The SMILES string of the molecule is c1ccc(-c2cccc(-c3cccc4ccccc34)c2-c2cccc3ccccc23)cc1. The van der Waals surface area contributed by atoms with Crippen LogP contribution in [0, 0.1) is 0 Å². The molecule has 0 amide bonds. The molecule has 0 N–H and O–H groups in total. The zero-order valence-electron chi connectivity index (χ0n) is 17.7. The van der Waals surface area contributed by atoms with Gasteiger partial charge in [0, 0.05) is 0 Å². The minimum Gasteiger partial charge on any atom is -0.0622 e. The van der Waals surface area contributed by atoms with Crippen LogP contribution in [-0.4, -0.2) is 0 Å². The number of benzene rings is 6. The molecule has 0 saturated heterocycles. The lowest BCUT2D eigenvalue weighted by molar-refractivity contribution is 1.58. The van der Waals surface area contributed by atoms with Crippen LogP contribution < -0.4 is 0 Å². The van der Waals surface area contributed by atoms with Crippen LogP contribution in [0.1, 0.15) is 0 Å². The maximum Gasteiger partial charge on any atom is -0.00204 e. The second-order valence-electron chi connectivity index (χ2n) is 8.15. The number of rotatable bonds is 3. The zero-order valence-corrected chi connectivity index (χ0v) is 17.7. The molecule has 0 aliphatic carbocycles. The normalized spacial score (nSPS) is 11.1. The van der Waals surface area contributed by atoms with Gasteiger partial charge in [-0.25, -0.2) is 0 Å². The van der Waals surface area contributed by atoms with Crippen molar-refractivity contribution in [3.05, 3.63) is 133 Å². The van der Waals surface area contributed by atoms with Gasteiger partial charge in [-0.2, -0.15) is 0 Å². The molecular weight excluding hydrogens is 384 g/mol. The summed E-state index contributed by atoms with van der Waals surface area (Å²) in [6, 6.07) is 48.0. The summed E-state index contributed by atoms with van der Waals surface area (Å²) in [5.74, 6) is 0.